The molecular formula is C6H7NO2S2. The van der Waals surface area contributed by atoms with Crippen LogP contribution in [0.3, 0.4) is 0 Å². The lowest BCUT2D eigenvalue weighted by Crippen LogP contribution is -2.16. The molecule has 1 aromatic heterocycles. The van der Waals surface area contributed by atoms with Crippen LogP contribution >= 0.6 is 24.0 Å². The number of hydrogen-bond donors (Lipinski definition) is 2. The molecule has 0 aromatic carbocycles. The van der Waals surface area contributed by atoms with Crippen molar-refractivity contribution in [2.24, 2.45) is 0 Å². The van der Waals surface area contributed by atoms with Crippen molar-refractivity contribution >= 4 is 29.9 Å². The second-order valence-electron chi connectivity index (χ2n) is 2.04. The van der Waals surface area contributed by atoms with Crippen LogP contribution in [0.2, 0.25) is 0 Å². The third-order valence-electron chi connectivity index (χ3n) is 1.17. The zero-order chi connectivity index (χ0) is 8.27. The van der Waals surface area contributed by atoms with Crippen molar-refractivity contribution in [3.8, 4) is 0 Å². The Kier molecular flexibility index (Phi) is 2.90. The molecule has 0 unspecified atom stereocenters. The van der Waals surface area contributed by atoms with Gasteiger partial charge in [-0.25, -0.2) is 4.98 Å². The van der Waals surface area contributed by atoms with Gasteiger partial charge in [-0.05, 0) is 0 Å². The first-order valence-electron chi connectivity index (χ1n) is 2.98. The molecule has 1 heterocycles. The normalized spacial score (nSPS) is 12.8. The van der Waals surface area contributed by atoms with E-state index < -0.39 is 11.2 Å². The molecule has 0 saturated carbocycles. The van der Waals surface area contributed by atoms with Crippen molar-refractivity contribution in [2.45, 2.75) is 11.7 Å². The Bertz CT molecular complexity index is 235. The van der Waals surface area contributed by atoms with Gasteiger partial charge in [0.15, 0.2) is 0 Å². The van der Waals surface area contributed by atoms with Gasteiger partial charge in [0, 0.05) is 11.8 Å². The van der Waals surface area contributed by atoms with Gasteiger partial charge in [0.25, 0.3) is 0 Å². The summed E-state index contributed by atoms with van der Waals surface area (Å²) in [6.45, 7) is 0. The Morgan fingerprint density at radius 3 is 3.09 bits per heavy atom. The SMILES string of the molecule is O=C(O)[C@@H](S)Cc1cscn1. The van der Waals surface area contributed by atoms with Crippen molar-refractivity contribution in [3.63, 3.8) is 0 Å². The summed E-state index contributed by atoms with van der Waals surface area (Å²) in [4.78, 5) is 14.3. The van der Waals surface area contributed by atoms with E-state index in [0.29, 0.717) is 6.42 Å². The van der Waals surface area contributed by atoms with Crippen molar-refractivity contribution < 1.29 is 9.90 Å². The Labute approximate surface area is 73.5 Å². The summed E-state index contributed by atoms with van der Waals surface area (Å²) in [5.41, 5.74) is 2.47. The largest absolute Gasteiger partial charge is 0.480 e. The quantitative estimate of drug-likeness (QED) is 0.699. The summed E-state index contributed by atoms with van der Waals surface area (Å²) in [5, 5.41) is 9.66. The van der Waals surface area contributed by atoms with Crippen LogP contribution in [0, 0.1) is 0 Å². The molecule has 0 aliphatic heterocycles. The van der Waals surface area contributed by atoms with Crippen LogP contribution in [0.5, 0.6) is 0 Å². The van der Waals surface area contributed by atoms with E-state index in [0.717, 1.165) is 5.69 Å². The molecule has 1 N–H and O–H groups in total. The fourth-order valence-corrected chi connectivity index (χ4v) is 1.38. The van der Waals surface area contributed by atoms with Crippen molar-refractivity contribution in [2.75, 3.05) is 0 Å². The number of rotatable bonds is 3. The van der Waals surface area contributed by atoms with E-state index in [1.807, 2.05) is 5.38 Å². The third-order valence-corrected chi connectivity index (χ3v) is 2.21. The average Bonchev–Trinajstić information content (AvgIpc) is 2.39. The van der Waals surface area contributed by atoms with Gasteiger partial charge in [-0.3, -0.25) is 4.79 Å². The fraction of sp³-hybridized carbons (Fsp3) is 0.333. The molecule has 1 rings (SSSR count). The zero-order valence-corrected chi connectivity index (χ0v) is 7.31. The highest BCUT2D eigenvalue weighted by Crippen LogP contribution is 2.07. The molecule has 11 heavy (non-hydrogen) atoms. The van der Waals surface area contributed by atoms with Crippen molar-refractivity contribution in [3.05, 3.63) is 16.6 Å². The number of aromatic nitrogens is 1. The predicted octanol–water partition coefficient (Wildman–Crippen LogP) is 1.07. The zero-order valence-electron chi connectivity index (χ0n) is 5.60. The van der Waals surface area contributed by atoms with Gasteiger partial charge in [0.05, 0.1) is 11.2 Å². The van der Waals surface area contributed by atoms with E-state index >= 15 is 0 Å². The minimum Gasteiger partial charge on any atom is -0.480 e. The molecule has 1 atom stereocenters. The van der Waals surface area contributed by atoms with Gasteiger partial charge >= 0.3 is 5.97 Å². The molecule has 0 aliphatic carbocycles. The number of aliphatic carboxylic acids is 1. The van der Waals surface area contributed by atoms with Crippen LogP contribution in [0.1, 0.15) is 5.69 Å². The lowest BCUT2D eigenvalue weighted by Gasteiger charge is -2.00. The summed E-state index contributed by atoms with van der Waals surface area (Å²) in [6, 6.07) is 0. The molecule has 1 aromatic rings. The lowest BCUT2D eigenvalue weighted by molar-refractivity contribution is -0.136. The predicted molar refractivity (Wildman–Crippen MR) is 46.2 cm³/mol. The van der Waals surface area contributed by atoms with Crippen LogP contribution in [-0.2, 0) is 11.2 Å². The van der Waals surface area contributed by atoms with Crippen LogP contribution in [0.4, 0.5) is 0 Å². The topological polar surface area (TPSA) is 50.2 Å². The molecule has 0 fully saturated rings. The van der Waals surface area contributed by atoms with Gasteiger partial charge in [0.2, 0.25) is 0 Å². The minimum absolute atomic E-state index is 0.391. The smallest absolute Gasteiger partial charge is 0.316 e. The van der Waals surface area contributed by atoms with Crippen LogP contribution in [0.25, 0.3) is 0 Å². The lowest BCUT2D eigenvalue weighted by atomic mass is 10.2. The molecule has 0 aliphatic rings. The number of carboxylic acids is 1. The number of hydrogen-bond acceptors (Lipinski definition) is 4. The Balaban J connectivity index is 2.50. The number of thiazole rings is 1. The van der Waals surface area contributed by atoms with Crippen LogP contribution in [0.15, 0.2) is 10.9 Å². The first-order valence-corrected chi connectivity index (χ1v) is 4.44. The maximum absolute atomic E-state index is 10.3. The van der Waals surface area contributed by atoms with E-state index in [1.54, 1.807) is 5.51 Å². The number of thiol groups is 1. The van der Waals surface area contributed by atoms with E-state index in [-0.39, 0.29) is 0 Å². The van der Waals surface area contributed by atoms with Crippen LogP contribution < -0.4 is 0 Å². The maximum Gasteiger partial charge on any atom is 0.316 e. The summed E-state index contributed by atoms with van der Waals surface area (Å²) >= 11 is 5.33. The molecular weight excluding hydrogens is 182 g/mol. The maximum atomic E-state index is 10.3. The highest BCUT2D eigenvalue weighted by atomic mass is 32.1. The highest BCUT2D eigenvalue weighted by molar-refractivity contribution is 7.81. The molecule has 60 valence electrons. The average molecular weight is 189 g/mol. The first-order chi connectivity index (χ1) is 5.20. The highest BCUT2D eigenvalue weighted by Gasteiger charge is 2.12. The minimum atomic E-state index is -0.902. The fourth-order valence-electron chi connectivity index (χ4n) is 0.624. The van der Waals surface area contributed by atoms with E-state index in [9.17, 15) is 4.79 Å². The van der Waals surface area contributed by atoms with Crippen LogP contribution in [-0.4, -0.2) is 21.3 Å². The molecule has 5 heteroatoms. The van der Waals surface area contributed by atoms with Gasteiger partial charge in [-0.1, -0.05) is 0 Å². The number of carboxylic acid groups (broad SMARTS) is 1. The van der Waals surface area contributed by atoms with Gasteiger partial charge in [0.1, 0.15) is 5.25 Å². The second kappa shape index (κ2) is 3.73. The number of carbonyl (C=O) groups is 1. The summed E-state index contributed by atoms with van der Waals surface area (Å²) in [6.07, 6.45) is 0.391. The summed E-state index contributed by atoms with van der Waals surface area (Å²) < 4.78 is 0. The van der Waals surface area contributed by atoms with E-state index in [2.05, 4.69) is 17.6 Å². The van der Waals surface area contributed by atoms with E-state index in [1.165, 1.54) is 11.3 Å². The monoisotopic (exact) mass is 189 g/mol. The second-order valence-corrected chi connectivity index (χ2v) is 3.38. The van der Waals surface area contributed by atoms with Gasteiger partial charge < -0.3 is 5.11 Å². The Hall–Kier alpha value is -0.550. The summed E-state index contributed by atoms with van der Waals surface area (Å²) in [5.74, 6) is -0.902. The number of nitrogens with zero attached hydrogens (tertiary/aromatic N) is 1. The Morgan fingerprint density at radius 1 is 1.91 bits per heavy atom. The van der Waals surface area contributed by atoms with Gasteiger partial charge in [-0.2, -0.15) is 12.6 Å². The molecule has 3 nitrogen and oxygen atoms in total. The summed E-state index contributed by atoms with van der Waals surface area (Å²) in [7, 11) is 0. The molecule has 0 bridgehead atoms. The van der Waals surface area contributed by atoms with E-state index in [4.69, 9.17) is 5.11 Å². The molecule has 0 amide bonds. The van der Waals surface area contributed by atoms with Crippen molar-refractivity contribution in [1.29, 1.82) is 0 Å². The first kappa shape index (κ1) is 8.55. The molecule has 0 saturated heterocycles. The van der Waals surface area contributed by atoms with Crippen molar-refractivity contribution in [1.82, 2.24) is 4.98 Å². The standard InChI is InChI=1S/C6H7NO2S2/c8-6(9)5(10)1-4-2-11-3-7-4/h2-3,5,10H,1H2,(H,8,9)/t5-/m0/s1. The van der Waals surface area contributed by atoms with Gasteiger partial charge in [-0.15, -0.1) is 11.3 Å². The Morgan fingerprint density at radius 2 is 2.64 bits per heavy atom. The molecule has 0 radical (unpaired) electrons. The molecule has 0 spiro atoms. The third kappa shape index (κ3) is 2.51.